The first-order valence-electron chi connectivity index (χ1n) is 4.74. The first-order valence-corrected chi connectivity index (χ1v) is 4.74. The number of aromatic nitrogens is 5. The van der Waals surface area contributed by atoms with Gasteiger partial charge in [-0.3, -0.25) is 4.68 Å². The molecule has 5 heteroatoms. The van der Waals surface area contributed by atoms with Gasteiger partial charge in [0.1, 0.15) is 12.0 Å². The van der Waals surface area contributed by atoms with Crippen molar-refractivity contribution in [2.75, 3.05) is 0 Å². The standard InChI is InChI=1S/C9H11N5/c1-13-5-4-8(12-13)9-11-10-6-14(9)7-2-3-7/h4-7H,2-3H2,1H3. The van der Waals surface area contributed by atoms with E-state index in [1.165, 1.54) is 12.8 Å². The smallest absolute Gasteiger partial charge is 0.184 e. The predicted octanol–water partition coefficient (Wildman–Crippen LogP) is 1.01. The summed E-state index contributed by atoms with van der Waals surface area (Å²) in [6, 6.07) is 2.56. The van der Waals surface area contributed by atoms with E-state index in [0.29, 0.717) is 6.04 Å². The van der Waals surface area contributed by atoms with E-state index in [2.05, 4.69) is 19.9 Å². The quantitative estimate of drug-likeness (QED) is 0.708. The van der Waals surface area contributed by atoms with Gasteiger partial charge in [0.15, 0.2) is 5.82 Å². The third kappa shape index (κ3) is 1.13. The summed E-state index contributed by atoms with van der Waals surface area (Å²) in [4.78, 5) is 0. The van der Waals surface area contributed by atoms with Gasteiger partial charge in [-0.15, -0.1) is 10.2 Å². The Hall–Kier alpha value is -1.65. The highest BCUT2D eigenvalue weighted by atomic mass is 15.3. The van der Waals surface area contributed by atoms with Crippen molar-refractivity contribution in [1.29, 1.82) is 0 Å². The molecule has 0 aliphatic heterocycles. The lowest BCUT2D eigenvalue weighted by Gasteiger charge is -2.00. The van der Waals surface area contributed by atoms with Crippen molar-refractivity contribution in [3.8, 4) is 11.5 Å². The Bertz CT molecular complexity index is 451. The van der Waals surface area contributed by atoms with Gasteiger partial charge in [-0.2, -0.15) is 5.10 Å². The summed E-state index contributed by atoms with van der Waals surface area (Å²) in [5.41, 5.74) is 0.900. The maximum atomic E-state index is 4.32. The van der Waals surface area contributed by atoms with Crippen LogP contribution < -0.4 is 0 Å². The summed E-state index contributed by atoms with van der Waals surface area (Å²) in [5.74, 6) is 0.883. The second-order valence-electron chi connectivity index (χ2n) is 3.67. The highest BCUT2D eigenvalue weighted by molar-refractivity contribution is 5.48. The van der Waals surface area contributed by atoms with E-state index >= 15 is 0 Å². The van der Waals surface area contributed by atoms with Crippen LogP contribution in [0.3, 0.4) is 0 Å². The van der Waals surface area contributed by atoms with Crippen LogP contribution in [0, 0.1) is 0 Å². The van der Waals surface area contributed by atoms with Gasteiger partial charge in [0, 0.05) is 19.3 Å². The highest BCUT2D eigenvalue weighted by Gasteiger charge is 2.27. The molecule has 14 heavy (non-hydrogen) atoms. The van der Waals surface area contributed by atoms with E-state index in [0.717, 1.165) is 11.5 Å². The summed E-state index contributed by atoms with van der Waals surface area (Å²) in [5, 5.41) is 12.3. The van der Waals surface area contributed by atoms with Crippen LogP contribution in [-0.4, -0.2) is 24.5 Å². The zero-order valence-electron chi connectivity index (χ0n) is 7.96. The molecule has 0 spiro atoms. The molecule has 1 aliphatic rings. The van der Waals surface area contributed by atoms with E-state index in [4.69, 9.17) is 0 Å². The van der Waals surface area contributed by atoms with E-state index in [9.17, 15) is 0 Å². The molecule has 1 saturated carbocycles. The zero-order valence-corrected chi connectivity index (χ0v) is 7.96. The van der Waals surface area contributed by atoms with Crippen molar-refractivity contribution in [3.63, 3.8) is 0 Å². The van der Waals surface area contributed by atoms with Crippen LogP contribution in [0.1, 0.15) is 18.9 Å². The van der Waals surface area contributed by atoms with Crippen molar-refractivity contribution in [3.05, 3.63) is 18.6 Å². The maximum Gasteiger partial charge on any atom is 0.184 e. The molecule has 3 rings (SSSR count). The third-order valence-corrected chi connectivity index (χ3v) is 2.46. The first-order chi connectivity index (χ1) is 6.84. The van der Waals surface area contributed by atoms with Gasteiger partial charge in [0.25, 0.3) is 0 Å². The van der Waals surface area contributed by atoms with Crippen LogP contribution in [0.4, 0.5) is 0 Å². The Morgan fingerprint density at radius 1 is 1.43 bits per heavy atom. The molecule has 0 radical (unpaired) electrons. The van der Waals surface area contributed by atoms with Gasteiger partial charge in [-0.05, 0) is 18.9 Å². The summed E-state index contributed by atoms with van der Waals surface area (Å²) < 4.78 is 3.89. The van der Waals surface area contributed by atoms with Crippen molar-refractivity contribution in [2.24, 2.45) is 7.05 Å². The molecule has 72 valence electrons. The fourth-order valence-corrected chi connectivity index (χ4v) is 1.58. The van der Waals surface area contributed by atoms with E-state index in [1.54, 1.807) is 11.0 Å². The van der Waals surface area contributed by atoms with Crippen LogP contribution in [-0.2, 0) is 7.05 Å². The molecule has 5 nitrogen and oxygen atoms in total. The van der Waals surface area contributed by atoms with Gasteiger partial charge in [-0.1, -0.05) is 0 Å². The van der Waals surface area contributed by atoms with Crippen LogP contribution >= 0.6 is 0 Å². The number of hydrogen-bond acceptors (Lipinski definition) is 3. The molecule has 2 heterocycles. The fraction of sp³-hybridized carbons (Fsp3) is 0.444. The topological polar surface area (TPSA) is 48.5 Å². The van der Waals surface area contributed by atoms with Gasteiger partial charge in [-0.25, -0.2) is 0 Å². The van der Waals surface area contributed by atoms with Gasteiger partial charge >= 0.3 is 0 Å². The monoisotopic (exact) mass is 189 g/mol. The van der Waals surface area contributed by atoms with Crippen molar-refractivity contribution in [1.82, 2.24) is 24.5 Å². The van der Waals surface area contributed by atoms with Gasteiger partial charge < -0.3 is 4.57 Å². The van der Waals surface area contributed by atoms with Crippen LogP contribution in [0.15, 0.2) is 18.6 Å². The van der Waals surface area contributed by atoms with Crippen molar-refractivity contribution >= 4 is 0 Å². The fourth-order valence-electron chi connectivity index (χ4n) is 1.58. The van der Waals surface area contributed by atoms with E-state index in [-0.39, 0.29) is 0 Å². The number of aryl methyl sites for hydroxylation is 1. The van der Waals surface area contributed by atoms with E-state index in [1.807, 2.05) is 19.3 Å². The van der Waals surface area contributed by atoms with Crippen LogP contribution in [0.25, 0.3) is 11.5 Å². The third-order valence-electron chi connectivity index (χ3n) is 2.46. The molecule has 2 aromatic rings. The van der Waals surface area contributed by atoms with Crippen LogP contribution in [0.2, 0.25) is 0 Å². The molecular weight excluding hydrogens is 178 g/mol. The maximum absolute atomic E-state index is 4.32. The summed E-state index contributed by atoms with van der Waals surface area (Å²) in [7, 11) is 1.90. The van der Waals surface area contributed by atoms with E-state index < -0.39 is 0 Å². The lowest BCUT2D eigenvalue weighted by molar-refractivity contribution is 0.731. The molecule has 0 saturated heterocycles. The lowest BCUT2D eigenvalue weighted by Crippen LogP contribution is -1.97. The largest absolute Gasteiger partial charge is 0.309 e. The molecule has 1 aliphatic carbocycles. The number of nitrogens with zero attached hydrogens (tertiary/aromatic N) is 5. The Kier molecular flexibility index (Phi) is 1.47. The molecule has 2 aromatic heterocycles. The van der Waals surface area contributed by atoms with Gasteiger partial charge in [0.2, 0.25) is 0 Å². The molecule has 0 amide bonds. The highest BCUT2D eigenvalue weighted by Crippen LogP contribution is 2.36. The minimum absolute atomic E-state index is 0.599. The summed E-state index contributed by atoms with van der Waals surface area (Å²) in [6.45, 7) is 0. The predicted molar refractivity (Wildman–Crippen MR) is 50.5 cm³/mol. The molecule has 1 fully saturated rings. The lowest BCUT2D eigenvalue weighted by atomic mass is 10.4. The Morgan fingerprint density at radius 3 is 2.93 bits per heavy atom. The molecule has 0 unspecified atom stereocenters. The Balaban J connectivity index is 2.06. The zero-order chi connectivity index (χ0) is 9.54. The Labute approximate surface area is 81.4 Å². The Morgan fingerprint density at radius 2 is 2.29 bits per heavy atom. The second kappa shape index (κ2) is 2.67. The minimum atomic E-state index is 0.599. The van der Waals surface area contributed by atoms with Gasteiger partial charge in [0.05, 0.1) is 0 Å². The summed E-state index contributed by atoms with van der Waals surface area (Å²) in [6.07, 6.45) is 6.18. The number of hydrogen-bond donors (Lipinski definition) is 0. The summed E-state index contributed by atoms with van der Waals surface area (Å²) >= 11 is 0. The first kappa shape index (κ1) is 7.73. The molecule has 0 aromatic carbocycles. The average Bonchev–Trinajstić information content (AvgIpc) is 2.75. The normalized spacial score (nSPS) is 16.1. The minimum Gasteiger partial charge on any atom is -0.309 e. The molecule has 0 bridgehead atoms. The van der Waals surface area contributed by atoms with Crippen LogP contribution in [0.5, 0.6) is 0 Å². The van der Waals surface area contributed by atoms with Crippen molar-refractivity contribution in [2.45, 2.75) is 18.9 Å². The molecule has 0 N–H and O–H groups in total. The second-order valence-corrected chi connectivity index (χ2v) is 3.67. The molecular formula is C9H11N5. The SMILES string of the molecule is Cn1ccc(-c2nncn2C2CC2)n1. The average molecular weight is 189 g/mol. The van der Waals surface area contributed by atoms with Crippen molar-refractivity contribution < 1.29 is 0 Å². The number of rotatable bonds is 2. The molecule has 0 atom stereocenters.